The summed E-state index contributed by atoms with van der Waals surface area (Å²) in [5.41, 5.74) is 0.878. The highest BCUT2D eigenvalue weighted by molar-refractivity contribution is 5.93. The van der Waals surface area contributed by atoms with Gasteiger partial charge in [0, 0.05) is 24.9 Å². The summed E-state index contributed by atoms with van der Waals surface area (Å²) >= 11 is 0. The lowest BCUT2D eigenvalue weighted by atomic mass is 10.2. The summed E-state index contributed by atoms with van der Waals surface area (Å²) in [6, 6.07) is 10.2. The molecule has 1 amide bonds. The fraction of sp³-hybridized carbons (Fsp3) is 0.176. The quantitative estimate of drug-likeness (QED) is 0.758. The molecule has 0 aliphatic rings. The van der Waals surface area contributed by atoms with Gasteiger partial charge in [0.2, 0.25) is 5.91 Å². The maximum absolute atomic E-state index is 12.2. The van der Waals surface area contributed by atoms with Crippen LogP contribution >= 0.6 is 0 Å². The Morgan fingerprint density at radius 3 is 2.88 bits per heavy atom. The van der Waals surface area contributed by atoms with Crippen molar-refractivity contribution in [3.8, 4) is 17.2 Å². The van der Waals surface area contributed by atoms with Crippen LogP contribution in [0.15, 0.2) is 51.9 Å². The van der Waals surface area contributed by atoms with Gasteiger partial charge in [-0.15, -0.1) is 0 Å². The fourth-order valence-electron chi connectivity index (χ4n) is 2.21. The van der Waals surface area contributed by atoms with Crippen molar-refractivity contribution in [2.45, 2.75) is 6.42 Å². The number of para-hydroxylation sites is 2. The maximum Gasteiger partial charge on any atom is 0.258 e. The Morgan fingerprint density at radius 2 is 2.12 bits per heavy atom. The van der Waals surface area contributed by atoms with Crippen molar-refractivity contribution < 1.29 is 14.1 Å². The van der Waals surface area contributed by atoms with Crippen LogP contribution in [0.3, 0.4) is 0 Å². The van der Waals surface area contributed by atoms with Crippen LogP contribution in [0, 0.1) is 0 Å². The molecule has 0 spiro atoms. The van der Waals surface area contributed by atoms with E-state index in [1.165, 1.54) is 17.7 Å². The molecule has 3 rings (SSSR count). The van der Waals surface area contributed by atoms with Gasteiger partial charge in [0.1, 0.15) is 5.75 Å². The minimum atomic E-state index is -0.305. The van der Waals surface area contributed by atoms with E-state index in [4.69, 9.17) is 9.26 Å². The summed E-state index contributed by atoms with van der Waals surface area (Å²) in [6.07, 6.45) is 1.54. The van der Waals surface area contributed by atoms with Gasteiger partial charge >= 0.3 is 0 Å². The number of hydrogen-bond donors (Lipinski definition) is 1. The highest BCUT2D eigenvalue weighted by atomic mass is 16.5. The maximum atomic E-state index is 12.2. The molecule has 0 saturated heterocycles. The zero-order chi connectivity index (χ0) is 17.8. The van der Waals surface area contributed by atoms with E-state index in [2.05, 4.69) is 15.5 Å². The Morgan fingerprint density at radius 1 is 1.32 bits per heavy atom. The SMILES string of the molecule is COc1ccccc1NC(=O)Cc1noc(-c2ccn(C)c(=O)c2)n1. The Bertz CT molecular complexity index is 961. The third-order valence-electron chi connectivity index (χ3n) is 3.52. The second-order valence-electron chi connectivity index (χ2n) is 5.31. The van der Waals surface area contributed by atoms with Crippen molar-refractivity contribution in [2.75, 3.05) is 12.4 Å². The molecule has 1 aromatic carbocycles. The van der Waals surface area contributed by atoms with E-state index in [-0.39, 0.29) is 29.6 Å². The molecule has 0 atom stereocenters. The molecule has 0 bridgehead atoms. The number of amides is 1. The van der Waals surface area contributed by atoms with Crippen LogP contribution in [0.1, 0.15) is 5.82 Å². The van der Waals surface area contributed by atoms with Crippen LogP contribution in [0.4, 0.5) is 5.69 Å². The second kappa shape index (κ2) is 7.00. The first-order valence-electron chi connectivity index (χ1n) is 7.49. The highest BCUT2D eigenvalue weighted by Gasteiger charge is 2.14. The standard InChI is InChI=1S/C17H16N4O4/c1-21-8-7-11(9-16(21)23)17-19-14(20-25-17)10-15(22)18-12-5-3-4-6-13(12)24-2/h3-9H,10H2,1-2H3,(H,18,22). The molecular formula is C17H16N4O4. The number of carbonyl (C=O) groups excluding carboxylic acids is 1. The number of anilines is 1. The number of carbonyl (C=O) groups is 1. The first-order chi connectivity index (χ1) is 12.1. The number of aryl methyl sites for hydroxylation is 1. The summed E-state index contributed by atoms with van der Waals surface area (Å²) < 4.78 is 11.7. The molecule has 0 fully saturated rings. The van der Waals surface area contributed by atoms with Crippen LogP contribution in [0.5, 0.6) is 5.75 Å². The summed E-state index contributed by atoms with van der Waals surface area (Å²) in [4.78, 5) is 28.0. The van der Waals surface area contributed by atoms with Gasteiger partial charge in [0.25, 0.3) is 11.4 Å². The summed E-state index contributed by atoms with van der Waals surface area (Å²) in [5.74, 6) is 0.673. The van der Waals surface area contributed by atoms with E-state index in [1.54, 1.807) is 37.5 Å². The normalized spacial score (nSPS) is 10.5. The Kier molecular flexibility index (Phi) is 4.60. The predicted molar refractivity (Wildman–Crippen MR) is 90.3 cm³/mol. The predicted octanol–water partition coefficient (Wildman–Crippen LogP) is 1.63. The van der Waals surface area contributed by atoms with Gasteiger partial charge in [-0.3, -0.25) is 9.59 Å². The number of rotatable bonds is 5. The molecule has 8 heteroatoms. The highest BCUT2D eigenvalue weighted by Crippen LogP contribution is 2.23. The summed E-state index contributed by atoms with van der Waals surface area (Å²) in [7, 11) is 3.17. The number of methoxy groups -OCH3 is 1. The molecule has 1 N–H and O–H groups in total. The van der Waals surface area contributed by atoms with Gasteiger partial charge < -0.3 is 19.1 Å². The van der Waals surface area contributed by atoms with E-state index in [0.717, 1.165) is 0 Å². The molecule has 128 valence electrons. The van der Waals surface area contributed by atoms with Crippen LogP contribution in [0.25, 0.3) is 11.5 Å². The minimum absolute atomic E-state index is 0.0631. The van der Waals surface area contributed by atoms with Gasteiger partial charge in [0.15, 0.2) is 5.82 Å². The number of pyridine rings is 1. The zero-order valence-electron chi connectivity index (χ0n) is 13.7. The molecule has 0 aliphatic carbocycles. The van der Waals surface area contributed by atoms with Gasteiger partial charge in [-0.05, 0) is 18.2 Å². The van der Waals surface area contributed by atoms with Gasteiger partial charge in [-0.2, -0.15) is 4.98 Å². The number of ether oxygens (including phenoxy) is 1. The fourth-order valence-corrected chi connectivity index (χ4v) is 2.21. The van der Waals surface area contributed by atoms with Crippen LogP contribution in [-0.4, -0.2) is 27.7 Å². The van der Waals surface area contributed by atoms with Crippen LogP contribution < -0.4 is 15.6 Å². The lowest BCUT2D eigenvalue weighted by Gasteiger charge is -2.08. The van der Waals surface area contributed by atoms with Gasteiger partial charge in [-0.1, -0.05) is 17.3 Å². The third kappa shape index (κ3) is 3.74. The molecule has 3 aromatic rings. The molecule has 25 heavy (non-hydrogen) atoms. The first-order valence-corrected chi connectivity index (χ1v) is 7.49. The topological polar surface area (TPSA) is 99.2 Å². The lowest BCUT2D eigenvalue weighted by Crippen LogP contribution is -2.16. The number of benzene rings is 1. The Labute approximate surface area is 143 Å². The molecule has 2 aromatic heterocycles. The molecule has 2 heterocycles. The number of nitrogens with one attached hydrogen (secondary N) is 1. The van der Waals surface area contributed by atoms with Crippen LogP contribution in [0.2, 0.25) is 0 Å². The van der Waals surface area contributed by atoms with E-state index < -0.39 is 0 Å². The van der Waals surface area contributed by atoms with Gasteiger partial charge in [0.05, 0.1) is 19.2 Å². The summed E-state index contributed by atoms with van der Waals surface area (Å²) in [5, 5.41) is 6.52. The van der Waals surface area contributed by atoms with Gasteiger partial charge in [-0.25, -0.2) is 0 Å². The second-order valence-corrected chi connectivity index (χ2v) is 5.31. The third-order valence-corrected chi connectivity index (χ3v) is 3.52. The largest absolute Gasteiger partial charge is 0.495 e. The van der Waals surface area contributed by atoms with E-state index in [9.17, 15) is 9.59 Å². The van der Waals surface area contributed by atoms with Crippen LogP contribution in [-0.2, 0) is 18.3 Å². The Balaban J connectivity index is 1.71. The van der Waals surface area contributed by atoms with E-state index >= 15 is 0 Å². The molecule has 0 saturated carbocycles. The lowest BCUT2D eigenvalue weighted by molar-refractivity contribution is -0.115. The molecule has 0 radical (unpaired) electrons. The molecular weight excluding hydrogens is 324 g/mol. The number of hydrogen-bond acceptors (Lipinski definition) is 6. The van der Waals surface area contributed by atoms with Crippen molar-refractivity contribution in [1.82, 2.24) is 14.7 Å². The average Bonchev–Trinajstić information content (AvgIpc) is 3.06. The monoisotopic (exact) mass is 340 g/mol. The molecule has 8 nitrogen and oxygen atoms in total. The van der Waals surface area contributed by atoms with Crippen molar-refractivity contribution in [1.29, 1.82) is 0 Å². The zero-order valence-corrected chi connectivity index (χ0v) is 13.7. The summed E-state index contributed by atoms with van der Waals surface area (Å²) in [6.45, 7) is 0. The average molecular weight is 340 g/mol. The minimum Gasteiger partial charge on any atom is -0.495 e. The smallest absolute Gasteiger partial charge is 0.258 e. The van der Waals surface area contributed by atoms with Crippen molar-refractivity contribution in [3.05, 3.63) is 58.8 Å². The Hall–Kier alpha value is -3.42. The van der Waals surface area contributed by atoms with Crippen molar-refractivity contribution in [2.24, 2.45) is 7.05 Å². The van der Waals surface area contributed by atoms with Crippen molar-refractivity contribution >= 4 is 11.6 Å². The van der Waals surface area contributed by atoms with E-state index in [0.29, 0.717) is 17.0 Å². The number of nitrogens with zero attached hydrogens (tertiary/aromatic N) is 3. The molecule has 0 aliphatic heterocycles. The first kappa shape index (κ1) is 16.4. The molecule has 0 unspecified atom stereocenters. The number of aromatic nitrogens is 3. The van der Waals surface area contributed by atoms with E-state index in [1.807, 2.05) is 6.07 Å². The van der Waals surface area contributed by atoms with Crippen molar-refractivity contribution in [3.63, 3.8) is 0 Å².